The van der Waals surface area contributed by atoms with E-state index in [0.29, 0.717) is 10.8 Å². The van der Waals surface area contributed by atoms with E-state index in [-0.39, 0.29) is 28.5 Å². The van der Waals surface area contributed by atoms with E-state index in [0.717, 1.165) is 33.1 Å². The summed E-state index contributed by atoms with van der Waals surface area (Å²) in [5.74, 6) is 0.393. The number of amides is 1. The van der Waals surface area contributed by atoms with Crippen molar-refractivity contribution in [2.24, 2.45) is 14.1 Å². The van der Waals surface area contributed by atoms with E-state index in [2.05, 4.69) is 15.3 Å². The zero-order valence-electron chi connectivity index (χ0n) is 18.0. The zero-order valence-corrected chi connectivity index (χ0v) is 18.8. The molecule has 3 aromatic heterocycles. The number of thioether (sulfide) groups is 1. The number of nitrogens with one attached hydrogen (secondary N) is 1. The Morgan fingerprint density at radius 1 is 1.09 bits per heavy atom. The summed E-state index contributed by atoms with van der Waals surface area (Å²) in [6.45, 7) is 3.92. The van der Waals surface area contributed by atoms with Gasteiger partial charge in [0.25, 0.3) is 5.56 Å². The van der Waals surface area contributed by atoms with Crippen molar-refractivity contribution in [1.29, 1.82) is 0 Å². The molecule has 0 spiro atoms. The van der Waals surface area contributed by atoms with Crippen molar-refractivity contribution in [1.82, 2.24) is 19.1 Å². The van der Waals surface area contributed by atoms with E-state index < -0.39 is 11.2 Å². The van der Waals surface area contributed by atoms with Crippen LogP contribution in [0.25, 0.3) is 22.6 Å². The lowest BCUT2D eigenvalue weighted by molar-refractivity contribution is -0.113. The zero-order chi connectivity index (χ0) is 23.0. The number of aryl methyl sites for hydroxylation is 2. The maximum absolute atomic E-state index is 12.9. The van der Waals surface area contributed by atoms with Crippen molar-refractivity contribution >= 4 is 34.4 Å². The van der Waals surface area contributed by atoms with Crippen LogP contribution in [-0.2, 0) is 18.9 Å². The molecule has 0 bridgehead atoms. The fourth-order valence-corrected chi connectivity index (χ4v) is 4.07. The Labute approximate surface area is 187 Å². The van der Waals surface area contributed by atoms with Gasteiger partial charge >= 0.3 is 5.69 Å². The maximum atomic E-state index is 12.9. The summed E-state index contributed by atoms with van der Waals surface area (Å²) in [5.41, 5.74) is 1.95. The Morgan fingerprint density at radius 3 is 2.59 bits per heavy atom. The van der Waals surface area contributed by atoms with Gasteiger partial charge in [0.1, 0.15) is 10.4 Å². The van der Waals surface area contributed by atoms with E-state index in [4.69, 9.17) is 4.42 Å². The molecule has 0 aliphatic rings. The molecule has 10 heteroatoms. The van der Waals surface area contributed by atoms with E-state index in [1.54, 1.807) is 12.1 Å². The van der Waals surface area contributed by atoms with Crippen molar-refractivity contribution in [3.63, 3.8) is 0 Å². The minimum absolute atomic E-state index is 0.0169. The second kappa shape index (κ2) is 8.46. The second-order valence-electron chi connectivity index (χ2n) is 7.32. The van der Waals surface area contributed by atoms with Gasteiger partial charge < -0.3 is 9.73 Å². The van der Waals surface area contributed by atoms with Crippen molar-refractivity contribution in [3.05, 3.63) is 68.6 Å². The number of benzene rings is 1. The monoisotopic (exact) mass is 451 g/mol. The van der Waals surface area contributed by atoms with Crippen LogP contribution in [0.5, 0.6) is 0 Å². The Hall–Kier alpha value is -3.66. The highest BCUT2D eigenvalue weighted by molar-refractivity contribution is 8.00. The van der Waals surface area contributed by atoms with Gasteiger partial charge in [0.2, 0.25) is 5.91 Å². The number of rotatable bonds is 5. The molecule has 164 valence electrons. The smallest absolute Gasteiger partial charge is 0.332 e. The van der Waals surface area contributed by atoms with Crippen molar-refractivity contribution in [2.45, 2.75) is 18.9 Å². The predicted molar refractivity (Wildman–Crippen MR) is 123 cm³/mol. The molecule has 1 amide bonds. The van der Waals surface area contributed by atoms with Crippen LogP contribution in [0, 0.1) is 13.8 Å². The first kappa shape index (κ1) is 21.6. The molecule has 4 rings (SSSR count). The number of hydrogen-bond donors (Lipinski definition) is 1. The van der Waals surface area contributed by atoms with E-state index in [1.807, 2.05) is 32.0 Å². The highest BCUT2D eigenvalue weighted by Crippen LogP contribution is 2.26. The summed E-state index contributed by atoms with van der Waals surface area (Å²) in [5, 5.41) is 3.37. The molecule has 32 heavy (non-hydrogen) atoms. The number of nitrogens with zero attached hydrogens (tertiary/aromatic N) is 4. The van der Waals surface area contributed by atoms with E-state index in [9.17, 15) is 14.4 Å². The average Bonchev–Trinajstić information content (AvgIpc) is 3.32. The molecule has 9 nitrogen and oxygen atoms in total. The van der Waals surface area contributed by atoms with Gasteiger partial charge in [-0.15, -0.1) is 0 Å². The normalized spacial score (nSPS) is 11.1. The molecule has 4 aromatic rings. The van der Waals surface area contributed by atoms with Gasteiger partial charge in [-0.1, -0.05) is 23.9 Å². The Bertz CT molecular complexity index is 1450. The lowest BCUT2D eigenvalue weighted by Crippen LogP contribution is -2.37. The summed E-state index contributed by atoms with van der Waals surface area (Å²) >= 11 is 1.10. The first-order valence-electron chi connectivity index (χ1n) is 9.78. The third kappa shape index (κ3) is 3.84. The summed E-state index contributed by atoms with van der Waals surface area (Å²) in [6.07, 6.45) is 1.48. The number of furan rings is 1. The molecule has 0 fully saturated rings. The third-order valence-electron chi connectivity index (χ3n) is 5.23. The maximum Gasteiger partial charge on any atom is 0.332 e. The highest BCUT2D eigenvalue weighted by atomic mass is 32.2. The third-order valence-corrected chi connectivity index (χ3v) is 6.20. The summed E-state index contributed by atoms with van der Waals surface area (Å²) in [7, 11) is 2.93. The van der Waals surface area contributed by atoms with Gasteiger partial charge in [0.05, 0.1) is 12.0 Å². The molecule has 1 aromatic carbocycles. The van der Waals surface area contributed by atoms with Gasteiger partial charge in [-0.05, 0) is 43.2 Å². The largest absolute Gasteiger partial charge is 0.461 e. The Balaban J connectivity index is 1.74. The van der Waals surface area contributed by atoms with Gasteiger partial charge in [-0.25, -0.2) is 14.8 Å². The van der Waals surface area contributed by atoms with Gasteiger partial charge in [-0.3, -0.25) is 18.7 Å². The van der Waals surface area contributed by atoms with Crippen LogP contribution in [0.15, 0.2) is 55.6 Å². The molecule has 0 atom stereocenters. The molecule has 0 aliphatic heterocycles. The Kier molecular flexibility index (Phi) is 5.70. The second-order valence-corrected chi connectivity index (χ2v) is 8.28. The first-order valence-corrected chi connectivity index (χ1v) is 10.8. The lowest BCUT2D eigenvalue weighted by atomic mass is 10.1. The average molecular weight is 452 g/mol. The van der Waals surface area contributed by atoms with Crippen molar-refractivity contribution in [2.75, 3.05) is 11.1 Å². The van der Waals surface area contributed by atoms with Crippen molar-refractivity contribution < 1.29 is 9.21 Å². The topological polar surface area (TPSA) is 112 Å². The molecule has 0 saturated carbocycles. The van der Waals surface area contributed by atoms with Crippen LogP contribution in [0.3, 0.4) is 0 Å². The van der Waals surface area contributed by atoms with Crippen molar-refractivity contribution in [3.8, 4) is 11.6 Å². The van der Waals surface area contributed by atoms with Gasteiger partial charge in [-0.2, -0.15) is 0 Å². The van der Waals surface area contributed by atoms with Gasteiger partial charge in [0.15, 0.2) is 17.2 Å². The number of aromatic nitrogens is 4. The molecule has 0 radical (unpaired) electrons. The van der Waals surface area contributed by atoms with E-state index in [1.165, 1.54) is 24.9 Å². The number of hydrogen-bond acceptors (Lipinski definition) is 7. The quantitative estimate of drug-likeness (QED) is 0.367. The number of carbonyl (C=O) groups excluding carboxylic acids is 1. The minimum Gasteiger partial charge on any atom is -0.461 e. The summed E-state index contributed by atoms with van der Waals surface area (Å²) < 4.78 is 7.67. The lowest BCUT2D eigenvalue weighted by Gasteiger charge is -2.12. The SMILES string of the molecule is Cc1cccc(NC(=O)CSc2nc(-c3ccco3)nc3c2c(=O)n(C)c(=O)n3C)c1C. The van der Waals surface area contributed by atoms with Crippen LogP contribution >= 0.6 is 11.8 Å². The standard InChI is InChI=1S/C22H21N5O4S/c1-12-7-5-8-14(13(12)2)23-16(28)11-32-20-17-19(26(3)22(30)27(4)21(17)29)24-18(25-20)15-9-6-10-31-15/h5-10H,11H2,1-4H3,(H,23,28). The minimum atomic E-state index is -0.522. The first-order chi connectivity index (χ1) is 15.3. The molecule has 3 heterocycles. The summed E-state index contributed by atoms with van der Waals surface area (Å²) in [6, 6.07) is 9.07. The molecule has 1 N–H and O–H groups in total. The fourth-order valence-electron chi connectivity index (χ4n) is 3.26. The van der Waals surface area contributed by atoms with Crippen LogP contribution in [0.1, 0.15) is 11.1 Å². The fraction of sp³-hybridized carbons (Fsp3) is 0.227. The Morgan fingerprint density at radius 2 is 1.88 bits per heavy atom. The highest BCUT2D eigenvalue weighted by Gasteiger charge is 2.20. The predicted octanol–water partition coefficient (Wildman–Crippen LogP) is 2.63. The number of anilines is 1. The summed E-state index contributed by atoms with van der Waals surface area (Å²) in [4.78, 5) is 46.8. The van der Waals surface area contributed by atoms with Crippen LogP contribution in [0.2, 0.25) is 0 Å². The molecule has 0 aliphatic carbocycles. The van der Waals surface area contributed by atoms with Crippen LogP contribution < -0.4 is 16.6 Å². The van der Waals surface area contributed by atoms with Gasteiger partial charge in [0, 0.05) is 19.8 Å². The van der Waals surface area contributed by atoms with Crippen LogP contribution in [-0.4, -0.2) is 30.8 Å². The molecular formula is C22H21N5O4S. The molecule has 0 unspecified atom stereocenters. The number of carbonyl (C=O) groups is 1. The molecule has 0 saturated heterocycles. The van der Waals surface area contributed by atoms with E-state index >= 15 is 0 Å². The molecular weight excluding hydrogens is 430 g/mol. The van der Waals surface area contributed by atoms with Crippen LogP contribution in [0.4, 0.5) is 5.69 Å². The number of fused-ring (bicyclic) bond motifs is 1.